The fourth-order valence-electron chi connectivity index (χ4n) is 5.43. The third kappa shape index (κ3) is 4.63. The summed E-state index contributed by atoms with van der Waals surface area (Å²) in [5, 5.41) is 0. The molecule has 0 aromatic heterocycles. The lowest BCUT2D eigenvalue weighted by Gasteiger charge is -2.26. The maximum absolute atomic E-state index is 12.8. The molecule has 3 aromatic carbocycles. The second-order valence-electron chi connectivity index (χ2n) is 9.82. The fourth-order valence-corrected chi connectivity index (χ4v) is 5.43. The first kappa shape index (κ1) is 20.9. The minimum absolute atomic E-state index is 0. The van der Waals surface area contributed by atoms with Crippen molar-refractivity contribution < 1.29 is 6.22 Å². The molecule has 0 spiro atoms. The van der Waals surface area contributed by atoms with Crippen LogP contribution in [0.15, 0.2) is 78.9 Å². The lowest BCUT2D eigenvalue weighted by molar-refractivity contribution is -0.116. The molecule has 1 nitrogen and oxygen atoms in total. The predicted molar refractivity (Wildman–Crippen MR) is 135 cm³/mol. The molecule has 0 bridgehead atoms. The summed E-state index contributed by atoms with van der Waals surface area (Å²) in [6.45, 7) is 2.38. The van der Waals surface area contributed by atoms with Gasteiger partial charge in [-0.3, -0.25) is 4.79 Å². The smallest absolute Gasteiger partial charge is 0.163 e. The Hall–Kier alpha value is -2.93. The van der Waals surface area contributed by atoms with Crippen LogP contribution in [0, 0.1) is 5.92 Å². The van der Waals surface area contributed by atoms with Gasteiger partial charge in [0.2, 0.25) is 0 Å². The maximum Gasteiger partial charge on any atom is 0.163 e. The molecule has 2 aliphatic rings. The van der Waals surface area contributed by atoms with Gasteiger partial charge in [-0.05, 0) is 77.0 Å². The van der Waals surface area contributed by atoms with Crippen LogP contribution >= 0.6 is 0 Å². The van der Waals surface area contributed by atoms with E-state index in [1.165, 1.54) is 59.1 Å². The van der Waals surface area contributed by atoms with Crippen molar-refractivity contribution in [2.24, 2.45) is 5.92 Å². The zero-order chi connectivity index (χ0) is 21.9. The van der Waals surface area contributed by atoms with Crippen molar-refractivity contribution >= 4 is 11.9 Å². The van der Waals surface area contributed by atoms with Gasteiger partial charge >= 0.3 is 0 Å². The Morgan fingerprint density at radius 3 is 2.25 bits per heavy atom. The summed E-state index contributed by atoms with van der Waals surface area (Å²) in [5.41, 5.74) is 7.69. The third-order valence-electron chi connectivity index (χ3n) is 7.46. The molecule has 5 rings (SSSR count). The summed E-state index contributed by atoms with van der Waals surface area (Å²) < 4.78 is 0. The Morgan fingerprint density at radius 2 is 1.50 bits per heavy atom. The second-order valence-corrected chi connectivity index (χ2v) is 9.82. The molecule has 2 aliphatic carbocycles. The van der Waals surface area contributed by atoms with Gasteiger partial charge in [-0.1, -0.05) is 98.6 Å². The average Bonchev–Trinajstić information content (AvgIpc) is 2.83. The van der Waals surface area contributed by atoms with Gasteiger partial charge < -0.3 is 0 Å². The number of carbonyl (C=O) groups excluding carboxylic acids is 1. The minimum atomic E-state index is -0.0894. The van der Waals surface area contributed by atoms with Gasteiger partial charge in [0, 0.05) is 1.43 Å². The molecule has 32 heavy (non-hydrogen) atoms. The Kier molecular flexibility index (Phi) is 6.08. The quantitative estimate of drug-likeness (QED) is 0.411. The lowest BCUT2D eigenvalue weighted by Crippen LogP contribution is -2.17. The highest BCUT2D eigenvalue weighted by atomic mass is 16.1. The summed E-state index contributed by atoms with van der Waals surface area (Å²) in [5.74, 6) is 1.75. The van der Waals surface area contributed by atoms with Crippen molar-refractivity contribution in [2.75, 3.05) is 0 Å². The van der Waals surface area contributed by atoms with Crippen LogP contribution in [0.4, 0.5) is 0 Å². The van der Waals surface area contributed by atoms with Gasteiger partial charge in [-0.2, -0.15) is 0 Å². The zero-order valence-corrected chi connectivity index (χ0v) is 19.0. The van der Waals surface area contributed by atoms with Gasteiger partial charge in [0.15, 0.2) is 5.78 Å². The predicted octanol–water partition coefficient (Wildman–Crippen LogP) is 7.74. The third-order valence-corrected chi connectivity index (χ3v) is 7.46. The molecule has 1 unspecified atom stereocenters. The molecule has 0 saturated heterocycles. The highest BCUT2D eigenvalue weighted by molar-refractivity contribution is 6.02. The first-order valence-electron chi connectivity index (χ1n) is 12.1. The van der Waals surface area contributed by atoms with E-state index in [0.717, 1.165) is 24.7 Å². The topological polar surface area (TPSA) is 17.1 Å². The Bertz CT molecular complexity index is 1110. The molecule has 0 aliphatic heterocycles. The van der Waals surface area contributed by atoms with Crippen LogP contribution in [-0.2, 0) is 17.6 Å². The van der Waals surface area contributed by atoms with E-state index in [1.54, 1.807) is 6.08 Å². The summed E-state index contributed by atoms with van der Waals surface area (Å²) in [6, 6.07) is 26.3. The summed E-state index contributed by atoms with van der Waals surface area (Å²) in [4.78, 5) is 12.8. The van der Waals surface area contributed by atoms with Gasteiger partial charge in [0.05, 0.1) is 5.92 Å². The number of hydrogen-bond donors (Lipinski definition) is 0. The molecular weight excluding hydrogens is 388 g/mol. The van der Waals surface area contributed by atoms with Crippen molar-refractivity contribution in [1.82, 2.24) is 0 Å². The average molecular weight is 423 g/mol. The molecule has 1 fully saturated rings. The Balaban J connectivity index is 0.00000259. The van der Waals surface area contributed by atoms with E-state index in [9.17, 15) is 4.79 Å². The molecular formula is C31H34O. The molecule has 0 amide bonds. The molecule has 1 heteroatoms. The standard InChI is InChI=1S/C31H32O.H2/c1-22-7-12-26(13-8-22)27-14-9-24(10-15-27)19-25-11-16-28-17-18-31(32)30(29(28)21-25)20-23-5-3-2-4-6-23;/h2-6,9-11,14-18,21-22,26,30H,7-8,12-13,19-20H2,1H3;1H. The Morgan fingerprint density at radius 1 is 0.781 bits per heavy atom. The van der Waals surface area contributed by atoms with Crippen molar-refractivity contribution in [1.29, 1.82) is 0 Å². The highest BCUT2D eigenvalue weighted by Crippen LogP contribution is 2.36. The van der Waals surface area contributed by atoms with E-state index in [-0.39, 0.29) is 13.1 Å². The van der Waals surface area contributed by atoms with Crippen LogP contribution < -0.4 is 0 Å². The van der Waals surface area contributed by atoms with Gasteiger partial charge in [-0.25, -0.2) is 0 Å². The first-order valence-corrected chi connectivity index (χ1v) is 12.1. The summed E-state index contributed by atoms with van der Waals surface area (Å²) in [6.07, 6.45) is 10.8. The van der Waals surface area contributed by atoms with Crippen LogP contribution in [0.1, 0.15) is 79.3 Å². The number of rotatable bonds is 5. The largest absolute Gasteiger partial charge is 0.294 e. The summed E-state index contributed by atoms with van der Waals surface area (Å²) >= 11 is 0. The Labute approximate surface area is 193 Å². The van der Waals surface area contributed by atoms with Crippen molar-refractivity contribution in [2.45, 2.75) is 57.3 Å². The lowest BCUT2D eigenvalue weighted by atomic mass is 9.79. The molecule has 3 aromatic rings. The van der Waals surface area contributed by atoms with Crippen molar-refractivity contribution in [3.8, 4) is 0 Å². The van der Waals surface area contributed by atoms with E-state index in [4.69, 9.17) is 0 Å². The molecule has 1 atom stereocenters. The van der Waals surface area contributed by atoms with Crippen LogP contribution in [0.3, 0.4) is 0 Å². The van der Waals surface area contributed by atoms with E-state index in [0.29, 0.717) is 0 Å². The monoisotopic (exact) mass is 422 g/mol. The zero-order valence-electron chi connectivity index (χ0n) is 19.0. The molecule has 0 radical (unpaired) electrons. The summed E-state index contributed by atoms with van der Waals surface area (Å²) in [7, 11) is 0. The first-order chi connectivity index (χ1) is 15.7. The normalized spacial score (nSPS) is 22.5. The molecule has 0 heterocycles. The second kappa shape index (κ2) is 9.28. The number of fused-ring (bicyclic) bond motifs is 1. The number of allylic oxidation sites excluding steroid dienone is 1. The van der Waals surface area contributed by atoms with E-state index < -0.39 is 0 Å². The van der Waals surface area contributed by atoms with E-state index in [2.05, 4.69) is 61.5 Å². The van der Waals surface area contributed by atoms with Crippen LogP contribution in [-0.4, -0.2) is 5.78 Å². The SMILES string of the molecule is CC1CCC(c2ccc(Cc3ccc4c(c3)C(Cc3ccccc3)C(=O)C=C4)cc2)CC1.[HH]. The van der Waals surface area contributed by atoms with Crippen LogP contribution in [0.25, 0.3) is 6.08 Å². The van der Waals surface area contributed by atoms with Crippen molar-refractivity contribution in [3.05, 3.63) is 112 Å². The number of hydrogen-bond acceptors (Lipinski definition) is 1. The van der Waals surface area contributed by atoms with E-state index in [1.807, 2.05) is 24.3 Å². The minimum Gasteiger partial charge on any atom is -0.294 e. The van der Waals surface area contributed by atoms with Gasteiger partial charge in [0.25, 0.3) is 0 Å². The number of carbonyl (C=O) groups is 1. The van der Waals surface area contributed by atoms with E-state index >= 15 is 0 Å². The maximum atomic E-state index is 12.8. The molecule has 0 N–H and O–H groups in total. The van der Waals surface area contributed by atoms with Gasteiger partial charge in [0.1, 0.15) is 0 Å². The van der Waals surface area contributed by atoms with Crippen LogP contribution in [0.5, 0.6) is 0 Å². The highest BCUT2D eigenvalue weighted by Gasteiger charge is 2.25. The van der Waals surface area contributed by atoms with Crippen molar-refractivity contribution in [3.63, 3.8) is 0 Å². The van der Waals surface area contributed by atoms with Gasteiger partial charge in [-0.15, -0.1) is 0 Å². The molecule has 164 valence electrons. The fraction of sp³-hybridized carbons (Fsp3) is 0.323. The molecule has 1 saturated carbocycles. The number of benzene rings is 3. The number of ketones is 1. The van der Waals surface area contributed by atoms with Crippen LogP contribution in [0.2, 0.25) is 0 Å².